The van der Waals surface area contributed by atoms with Gasteiger partial charge < -0.3 is 19.7 Å². The van der Waals surface area contributed by atoms with Crippen LogP contribution in [-0.4, -0.2) is 34.4 Å². The summed E-state index contributed by atoms with van der Waals surface area (Å²) in [6, 6.07) is 4.58. The Kier molecular flexibility index (Phi) is 3.94. The minimum atomic E-state index is -0.776. The molecule has 0 aliphatic carbocycles. The second kappa shape index (κ2) is 5.50. The lowest BCUT2D eigenvalue weighted by Crippen LogP contribution is -2.26. The van der Waals surface area contributed by atoms with E-state index in [1.54, 1.807) is 19.1 Å². The summed E-state index contributed by atoms with van der Waals surface area (Å²) in [5, 5.41) is 18.9. The summed E-state index contributed by atoms with van der Waals surface area (Å²) in [4.78, 5) is 23.4. The van der Waals surface area contributed by atoms with Crippen LogP contribution in [0.5, 0.6) is 5.75 Å². The highest BCUT2D eigenvalue weighted by molar-refractivity contribution is 5.97. The van der Waals surface area contributed by atoms with Crippen LogP contribution < -0.4 is 0 Å². The van der Waals surface area contributed by atoms with E-state index in [-0.39, 0.29) is 17.7 Å². The van der Waals surface area contributed by atoms with Gasteiger partial charge in [-0.25, -0.2) is 4.79 Å². The third kappa shape index (κ3) is 2.75. The van der Waals surface area contributed by atoms with Gasteiger partial charge in [-0.2, -0.15) is 0 Å². The van der Waals surface area contributed by atoms with Crippen LogP contribution in [0.4, 0.5) is 0 Å². The zero-order valence-corrected chi connectivity index (χ0v) is 11.2. The number of esters is 2. The molecule has 1 aromatic carbocycles. The first kappa shape index (κ1) is 14.3. The van der Waals surface area contributed by atoms with Crippen LogP contribution >= 0.6 is 0 Å². The highest BCUT2D eigenvalue weighted by atomic mass is 16.6. The summed E-state index contributed by atoms with van der Waals surface area (Å²) in [6.45, 7) is 3.09. The third-order valence-electron chi connectivity index (χ3n) is 3.22. The van der Waals surface area contributed by atoms with E-state index in [1.165, 1.54) is 13.0 Å². The molecule has 1 heterocycles. The molecule has 108 valence electrons. The number of phenolic OH excluding ortho intramolecular Hbond substituents is 1. The lowest BCUT2D eigenvalue weighted by atomic mass is 10.0. The van der Waals surface area contributed by atoms with Gasteiger partial charge in [0, 0.05) is 5.56 Å². The number of benzene rings is 1. The molecule has 6 nitrogen and oxygen atoms in total. The van der Waals surface area contributed by atoms with E-state index in [1.807, 2.05) is 0 Å². The number of hydrogen-bond acceptors (Lipinski definition) is 6. The van der Waals surface area contributed by atoms with Gasteiger partial charge in [0.2, 0.25) is 0 Å². The molecule has 1 aromatic rings. The van der Waals surface area contributed by atoms with Crippen LogP contribution in [0.25, 0.3) is 0 Å². The first-order valence-corrected chi connectivity index (χ1v) is 6.30. The van der Waals surface area contributed by atoms with Crippen LogP contribution in [0.3, 0.4) is 0 Å². The Morgan fingerprint density at radius 1 is 1.45 bits per heavy atom. The van der Waals surface area contributed by atoms with Crippen molar-refractivity contribution in [1.29, 1.82) is 0 Å². The highest BCUT2D eigenvalue weighted by Crippen LogP contribution is 2.37. The molecule has 6 heteroatoms. The molecule has 0 amide bonds. The van der Waals surface area contributed by atoms with Crippen molar-refractivity contribution in [3.05, 3.63) is 29.3 Å². The van der Waals surface area contributed by atoms with Crippen molar-refractivity contribution in [2.24, 2.45) is 0 Å². The number of rotatable bonds is 4. The topological polar surface area (TPSA) is 93.1 Å². The first-order chi connectivity index (χ1) is 9.40. The molecule has 20 heavy (non-hydrogen) atoms. The van der Waals surface area contributed by atoms with Gasteiger partial charge in [0.25, 0.3) is 0 Å². The van der Waals surface area contributed by atoms with E-state index in [0.717, 1.165) is 0 Å². The molecule has 0 fully saturated rings. The molecule has 0 spiro atoms. The number of ether oxygens (including phenoxy) is 2. The zero-order valence-electron chi connectivity index (χ0n) is 11.2. The summed E-state index contributed by atoms with van der Waals surface area (Å²) in [7, 11) is 0. The smallest absolute Gasteiger partial charge is 0.342 e. The summed E-state index contributed by atoms with van der Waals surface area (Å²) in [6.07, 6.45) is -2.33. The fourth-order valence-corrected chi connectivity index (χ4v) is 1.96. The van der Waals surface area contributed by atoms with Gasteiger partial charge in [-0.05, 0) is 19.9 Å². The van der Waals surface area contributed by atoms with E-state index in [4.69, 9.17) is 9.47 Å². The molecular formula is C14H16O6. The summed E-state index contributed by atoms with van der Waals surface area (Å²) >= 11 is 0. The minimum absolute atomic E-state index is 0.0916. The van der Waals surface area contributed by atoms with Crippen molar-refractivity contribution >= 4 is 11.9 Å². The van der Waals surface area contributed by atoms with E-state index >= 15 is 0 Å². The second-order valence-corrected chi connectivity index (χ2v) is 4.78. The van der Waals surface area contributed by atoms with Gasteiger partial charge in [-0.1, -0.05) is 12.1 Å². The molecule has 0 radical (unpaired) electrons. The number of aliphatic hydroxyl groups excluding tert-OH is 1. The molecular weight excluding hydrogens is 264 g/mol. The average molecular weight is 280 g/mol. The first-order valence-electron chi connectivity index (χ1n) is 6.30. The normalized spacial score (nSPS) is 19.9. The summed E-state index contributed by atoms with van der Waals surface area (Å²) in [5.41, 5.74) is 0.561. The quantitative estimate of drug-likeness (QED) is 0.808. The SMILES string of the molecule is C[C@H](O)[C@@H](C)OC(=O)C[C@@H]1OC(=O)c2c(O)cccc21. The largest absolute Gasteiger partial charge is 0.507 e. The molecule has 0 unspecified atom stereocenters. The Bertz CT molecular complexity index is 536. The van der Waals surface area contributed by atoms with E-state index in [0.29, 0.717) is 5.56 Å². The van der Waals surface area contributed by atoms with Gasteiger partial charge in [-0.3, -0.25) is 4.79 Å². The number of fused-ring (bicyclic) bond motifs is 1. The van der Waals surface area contributed by atoms with Gasteiger partial charge in [0.1, 0.15) is 23.5 Å². The number of hydrogen-bond donors (Lipinski definition) is 2. The molecule has 3 atom stereocenters. The van der Waals surface area contributed by atoms with Crippen molar-refractivity contribution in [2.45, 2.75) is 38.6 Å². The number of carbonyl (C=O) groups excluding carboxylic acids is 2. The van der Waals surface area contributed by atoms with Crippen LogP contribution in [-0.2, 0) is 14.3 Å². The Hall–Kier alpha value is -2.08. The molecule has 0 saturated carbocycles. The van der Waals surface area contributed by atoms with Gasteiger partial charge in [-0.15, -0.1) is 0 Å². The molecule has 1 aliphatic heterocycles. The Morgan fingerprint density at radius 3 is 2.80 bits per heavy atom. The lowest BCUT2D eigenvalue weighted by molar-refractivity contribution is -0.155. The van der Waals surface area contributed by atoms with Crippen molar-refractivity contribution in [3.8, 4) is 5.75 Å². The number of phenols is 1. The van der Waals surface area contributed by atoms with E-state index in [2.05, 4.69) is 0 Å². The molecule has 2 N–H and O–H groups in total. The maximum absolute atomic E-state index is 11.7. The molecule has 0 bridgehead atoms. The molecule has 0 aromatic heterocycles. The van der Waals surface area contributed by atoms with E-state index < -0.39 is 30.3 Å². The maximum atomic E-state index is 11.7. The summed E-state index contributed by atoms with van der Waals surface area (Å²) in [5.74, 6) is -1.40. The van der Waals surface area contributed by atoms with Crippen molar-refractivity contribution in [1.82, 2.24) is 0 Å². The fourth-order valence-electron chi connectivity index (χ4n) is 1.96. The average Bonchev–Trinajstić information content (AvgIpc) is 2.67. The minimum Gasteiger partial charge on any atom is -0.507 e. The highest BCUT2D eigenvalue weighted by Gasteiger charge is 2.35. The number of carbonyl (C=O) groups is 2. The number of aromatic hydroxyl groups is 1. The molecule has 1 aliphatic rings. The van der Waals surface area contributed by atoms with Crippen LogP contribution in [0, 0.1) is 0 Å². The predicted octanol–water partition coefficient (Wildman–Crippen LogP) is 1.31. The predicted molar refractivity (Wildman–Crippen MR) is 68.1 cm³/mol. The Labute approximate surface area is 115 Å². The summed E-state index contributed by atoms with van der Waals surface area (Å²) < 4.78 is 10.1. The maximum Gasteiger partial charge on any atom is 0.342 e. The monoisotopic (exact) mass is 280 g/mol. The van der Waals surface area contributed by atoms with Crippen molar-refractivity contribution < 1.29 is 29.3 Å². The Balaban J connectivity index is 2.08. The van der Waals surface area contributed by atoms with Crippen LogP contribution in [0.1, 0.15) is 42.3 Å². The Morgan fingerprint density at radius 2 is 2.15 bits per heavy atom. The number of cyclic esters (lactones) is 1. The van der Waals surface area contributed by atoms with Gasteiger partial charge in [0.05, 0.1) is 12.5 Å². The zero-order chi connectivity index (χ0) is 14.9. The van der Waals surface area contributed by atoms with Crippen molar-refractivity contribution in [2.75, 3.05) is 0 Å². The fraction of sp³-hybridized carbons (Fsp3) is 0.429. The molecule has 0 saturated heterocycles. The standard InChI is InChI=1S/C14H16O6/c1-7(15)8(2)19-12(17)6-11-9-4-3-5-10(16)13(9)14(18)20-11/h3-5,7-8,11,15-16H,6H2,1-2H3/t7-,8+,11-/m0/s1. The van der Waals surface area contributed by atoms with Crippen molar-refractivity contribution in [3.63, 3.8) is 0 Å². The molecule has 2 rings (SSSR count). The number of aliphatic hydroxyl groups is 1. The van der Waals surface area contributed by atoms with Gasteiger partial charge in [0.15, 0.2) is 0 Å². The van der Waals surface area contributed by atoms with Crippen LogP contribution in [0.15, 0.2) is 18.2 Å². The lowest BCUT2D eigenvalue weighted by Gasteiger charge is -2.17. The third-order valence-corrected chi connectivity index (χ3v) is 3.22. The van der Waals surface area contributed by atoms with Gasteiger partial charge >= 0.3 is 11.9 Å². The van der Waals surface area contributed by atoms with E-state index in [9.17, 15) is 19.8 Å². The second-order valence-electron chi connectivity index (χ2n) is 4.78. The van der Waals surface area contributed by atoms with Crippen LogP contribution in [0.2, 0.25) is 0 Å².